The Morgan fingerprint density at radius 2 is 2.27 bits per heavy atom. The van der Waals surface area contributed by atoms with Crippen LogP contribution in [0.2, 0.25) is 0 Å². The third-order valence-electron chi connectivity index (χ3n) is 3.07. The van der Waals surface area contributed by atoms with E-state index in [2.05, 4.69) is 39.8 Å². The molecule has 2 aromatic rings. The van der Waals surface area contributed by atoms with Gasteiger partial charge in [0, 0.05) is 38.4 Å². The number of thiazole rings is 1. The largest absolute Gasteiger partial charge is 0.357 e. The first-order valence-corrected chi connectivity index (χ1v) is 7.97. The van der Waals surface area contributed by atoms with Crippen molar-refractivity contribution >= 4 is 41.3 Å². The van der Waals surface area contributed by atoms with Gasteiger partial charge in [-0.05, 0) is 25.5 Å². The van der Waals surface area contributed by atoms with Crippen LogP contribution in [0.4, 0.5) is 0 Å². The van der Waals surface area contributed by atoms with E-state index < -0.39 is 0 Å². The van der Waals surface area contributed by atoms with E-state index in [0.29, 0.717) is 6.54 Å². The smallest absolute Gasteiger partial charge is 0.194 e. The second-order valence-corrected chi connectivity index (χ2v) is 6.13. The second kappa shape index (κ2) is 9.14. The van der Waals surface area contributed by atoms with Crippen LogP contribution in [0.3, 0.4) is 0 Å². The molecule has 122 valence electrons. The fourth-order valence-corrected chi connectivity index (χ4v) is 2.69. The van der Waals surface area contributed by atoms with E-state index in [1.54, 1.807) is 11.3 Å². The third-order valence-corrected chi connectivity index (χ3v) is 3.89. The lowest BCUT2D eigenvalue weighted by atomic mass is 10.3. The number of nitrogens with zero attached hydrogens (tertiary/aromatic N) is 4. The van der Waals surface area contributed by atoms with Gasteiger partial charge in [0.1, 0.15) is 0 Å². The molecule has 0 amide bonds. The number of aryl methyl sites for hydroxylation is 2. The molecule has 0 aromatic carbocycles. The van der Waals surface area contributed by atoms with Crippen LogP contribution in [-0.4, -0.2) is 34.0 Å². The quantitative estimate of drug-likeness (QED) is 0.448. The molecule has 0 aliphatic carbocycles. The molecular weight excluding hydrogens is 409 g/mol. The number of hydrogen-bond donors (Lipinski definition) is 1. The summed E-state index contributed by atoms with van der Waals surface area (Å²) in [6.07, 6.45) is 4.14. The molecule has 0 unspecified atom stereocenters. The van der Waals surface area contributed by atoms with E-state index in [0.717, 1.165) is 29.8 Å². The Morgan fingerprint density at radius 1 is 1.50 bits per heavy atom. The molecule has 0 radical (unpaired) electrons. The highest BCUT2D eigenvalue weighted by atomic mass is 127. The lowest BCUT2D eigenvalue weighted by Gasteiger charge is -2.21. The van der Waals surface area contributed by atoms with E-state index in [1.807, 2.05) is 31.8 Å². The maximum atomic E-state index is 4.69. The van der Waals surface area contributed by atoms with Crippen LogP contribution in [-0.2, 0) is 20.1 Å². The molecule has 2 heterocycles. The number of nitrogens with one attached hydrogen (secondary N) is 1. The molecule has 0 aliphatic heterocycles. The van der Waals surface area contributed by atoms with Gasteiger partial charge in [0.25, 0.3) is 0 Å². The predicted molar refractivity (Wildman–Crippen MR) is 104 cm³/mol. The third kappa shape index (κ3) is 5.60. The van der Waals surface area contributed by atoms with Crippen LogP contribution < -0.4 is 5.32 Å². The number of guanidine groups is 1. The Balaban J connectivity index is 0.00000242. The first kappa shape index (κ1) is 19.0. The van der Waals surface area contributed by atoms with Crippen LogP contribution in [0.5, 0.6) is 0 Å². The monoisotopic (exact) mass is 433 g/mol. The first-order valence-electron chi connectivity index (χ1n) is 7.09. The molecule has 0 atom stereocenters. The van der Waals surface area contributed by atoms with Gasteiger partial charge in [0.2, 0.25) is 0 Å². The van der Waals surface area contributed by atoms with Crippen molar-refractivity contribution in [3.8, 4) is 0 Å². The molecular formula is C15H24IN5S. The maximum Gasteiger partial charge on any atom is 0.194 e. The summed E-state index contributed by atoms with van der Waals surface area (Å²) >= 11 is 1.68. The predicted octanol–water partition coefficient (Wildman–Crippen LogP) is 3.01. The van der Waals surface area contributed by atoms with Gasteiger partial charge in [-0.1, -0.05) is 0 Å². The van der Waals surface area contributed by atoms with Gasteiger partial charge in [0.15, 0.2) is 5.96 Å². The van der Waals surface area contributed by atoms with E-state index in [4.69, 9.17) is 4.99 Å². The molecule has 2 rings (SSSR count). The van der Waals surface area contributed by atoms with Crippen molar-refractivity contribution in [3.05, 3.63) is 40.1 Å². The lowest BCUT2D eigenvalue weighted by Crippen LogP contribution is -2.38. The number of aliphatic imine (C=N–C) groups is 1. The van der Waals surface area contributed by atoms with Crippen molar-refractivity contribution in [2.24, 2.45) is 12.0 Å². The fraction of sp³-hybridized carbons (Fsp3) is 0.467. The van der Waals surface area contributed by atoms with Crippen LogP contribution in [0.25, 0.3) is 0 Å². The average molecular weight is 433 g/mol. The summed E-state index contributed by atoms with van der Waals surface area (Å²) in [6.45, 7) is 6.42. The first-order chi connectivity index (χ1) is 10.1. The van der Waals surface area contributed by atoms with Crippen molar-refractivity contribution < 1.29 is 0 Å². The summed E-state index contributed by atoms with van der Waals surface area (Å²) in [5.74, 6) is 0.909. The molecule has 0 saturated heterocycles. The van der Waals surface area contributed by atoms with Crippen LogP contribution in [0.15, 0.2) is 28.8 Å². The SMILES string of the molecule is CCNC(=NCc1ccn(C)c1)N(C)Cc1csc(C)n1.I. The van der Waals surface area contributed by atoms with Gasteiger partial charge in [-0.25, -0.2) is 9.98 Å². The standard InChI is InChI=1S/C15H23N5S.HI/c1-5-16-15(17-8-13-6-7-19(3)9-13)20(4)10-14-11-21-12(2)18-14;/h6-7,9,11H,5,8,10H2,1-4H3,(H,16,17);1H. The topological polar surface area (TPSA) is 45.5 Å². The summed E-state index contributed by atoms with van der Waals surface area (Å²) in [5.41, 5.74) is 2.30. The molecule has 0 saturated carbocycles. The van der Waals surface area contributed by atoms with Gasteiger partial charge in [-0.15, -0.1) is 35.3 Å². The minimum absolute atomic E-state index is 0. The molecule has 0 fully saturated rings. The number of aromatic nitrogens is 2. The molecule has 22 heavy (non-hydrogen) atoms. The minimum Gasteiger partial charge on any atom is -0.357 e. The zero-order valence-corrected chi connectivity index (χ0v) is 16.7. The minimum atomic E-state index is 0. The summed E-state index contributed by atoms with van der Waals surface area (Å²) in [5, 5.41) is 6.54. The van der Waals surface area contributed by atoms with Crippen molar-refractivity contribution in [2.75, 3.05) is 13.6 Å². The zero-order chi connectivity index (χ0) is 15.2. The van der Waals surface area contributed by atoms with Crippen LogP contribution in [0, 0.1) is 6.92 Å². The van der Waals surface area contributed by atoms with Crippen LogP contribution >= 0.6 is 35.3 Å². The summed E-state index contributed by atoms with van der Waals surface area (Å²) < 4.78 is 2.04. The molecule has 5 nitrogen and oxygen atoms in total. The zero-order valence-electron chi connectivity index (χ0n) is 13.5. The summed E-state index contributed by atoms with van der Waals surface area (Å²) in [6, 6.07) is 2.09. The fourth-order valence-electron chi connectivity index (χ4n) is 2.09. The van der Waals surface area contributed by atoms with E-state index >= 15 is 0 Å². The van der Waals surface area contributed by atoms with Gasteiger partial charge in [-0.2, -0.15) is 0 Å². The molecule has 1 N–H and O–H groups in total. The maximum absolute atomic E-state index is 4.69. The number of hydrogen-bond acceptors (Lipinski definition) is 3. The normalized spacial score (nSPS) is 11.2. The van der Waals surface area contributed by atoms with Gasteiger partial charge in [-0.3, -0.25) is 0 Å². The van der Waals surface area contributed by atoms with Crippen molar-refractivity contribution in [1.29, 1.82) is 0 Å². The highest BCUT2D eigenvalue weighted by Crippen LogP contribution is 2.10. The van der Waals surface area contributed by atoms with E-state index in [-0.39, 0.29) is 24.0 Å². The molecule has 0 bridgehead atoms. The highest BCUT2D eigenvalue weighted by Gasteiger charge is 2.08. The molecule has 7 heteroatoms. The Labute approximate surface area is 153 Å². The number of rotatable bonds is 5. The van der Waals surface area contributed by atoms with Crippen molar-refractivity contribution in [3.63, 3.8) is 0 Å². The van der Waals surface area contributed by atoms with Crippen molar-refractivity contribution in [1.82, 2.24) is 19.8 Å². The highest BCUT2D eigenvalue weighted by molar-refractivity contribution is 14.0. The molecule has 0 spiro atoms. The Kier molecular flexibility index (Phi) is 7.88. The molecule has 2 aromatic heterocycles. The van der Waals surface area contributed by atoms with Crippen LogP contribution in [0.1, 0.15) is 23.2 Å². The molecule has 0 aliphatic rings. The van der Waals surface area contributed by atoms with E-state index in [1.165, 1.54) is 5.56 Å². The lowest BCUT2D eigenvalue weighted by molar-refractivity contribution is 0.471. The summed E-state index contributed by atoms with van der Waals surface area (Å²) in [4.78, 5) is 11.3. The Morgan fingerprint density at radius 3 is 2.82 bits per heavy atom. The second-order valence-electron chi connectivity index (χ2n) is 5.07. The van der Waals surface area contributed by atoms with Gasteiger partial charge < -0.3 is 14.8 Å². The number of halogens is 1. The Hall–Kier alpha value is -1.09. The summed E-state index contributed by atoms with van der Waals surface area (Å²) in [7, 11) is 4.07. The average Bonchev–Trinajstić information content (AvgIpc) is 3.03. The Bertz CT molecular complexity index is 605. The van der Waals surface area contributed by atoms with Crippen molar-refractivity contribution in [2.45, 2.75) is 26.9 Å². The van der Waals surface area contributed by atoms with Gasteiger partial charge >= 0.3 is 0 Å². The van der Waals surface area contributed by atoms with Gasteiger partial charge in [0.05, 0.1) is 23.8 Å². The van der Waals surface area contributed by atoms with E-state index in [9.17, 15) is 0 Å².